The number of rotatable bonds is 6. The second-order valence-corrected chi connectivity index (χ2v) is 6.89. The molecule has 0 bridgehead atoms. The Morgan fingerprint density at radius 3 is 2.56 bits per heavy atom. The minimum atomic E-state index is -4.32. The molecule has 0 spiro atoms. The second kappa shape index (κ2) is 7.08. The number of methoxy groups -OCH3 is 1. The minimum Gasteiger partial charge on any atom is -0.468 e. The Morgan fingerprint density at radius 2 is 2.00 bits per heavy atom. The molecule has 1 aliphatic heterocycles. The number of esters is 1. The minimum absolute atomic E-state index is 0.104. The van der Waals surface area contributed by atoms with E-state index in [9.17, 15) is 33.4 Å². The predicted molar refractivity (Wildman–Crippen MR) is 82.3 cm³/mol. The van der Waals surface area contributed by atoms with E-state index in [1.807, 2.05) is 0 Å². The maximum atomic E-state index is 12.4. The summed E-state index contributed by atoms with van der Waals surface area (Å²) >= 11 is 0. The zero-order chi connectivity index (χ0) is 18.8. The Morgan fingerprint density at radius 1 is 1.32 bits per heavy atom. The molecule has 1 fully saturated rings. The summed E-state index contributed by atoms with van der Waals surface area (Å²) in [6.07, 6.45) is 0.104. The third kappa shape index (κ3) is 4.07. The van der Waals surface area contributed by atoms with Crippen LogP contribution in [0.1, 0.15) is 6.42 Å². The number of sulfonamides is 1. The molecule has 0 aromatic heterocycles. The third-order valence-electron chi connectivity index (χ3n) is 3.58. The number of hydrogen-bond acceptors (Lipinski definition) is 9. The molecule has 0 unspecified atom stereocenters. The lowest BCUT2D eigenvalue weighted by Gasteiger charge is -2.12. The van der Waals surface area contributed by atoms with Crippen molar-refractivity contribution in [2.45, 2.75) is 23.4 Å². The molecular formula is C12H14N4O8S. The van der Waals surface area contributed by atoms with E-state index in [4.69, 9.17) is 0 Å². The highest BCUT2D eigenvalue weighted by molar-refractivity contribution is 7.89. The first-order chi connectivity index (χ1) is 11.7. The highest BCUT2D eigenvalue weighted by Crippen LogP contribution is 2.28. The van der Waals surface area contributed by atoms with E-state index in [1.165, 1.54) is 7.11 Å². The van der Waals surface area contributed by atoms with Crippen LogP contribution in [-0.4, -0.2) is 50.0 Å². The van der Waals surface area contributed by atoms with Gasteiger partial charge in [-0.25, -0.2) is 13.1 Å². The molecule has 25 heavy (non-hydrogen) atoms. The smallest absolute Gasteiger partial charge is 0.322 e. The van der Waals surface area contributed by atoms with Gasteiger partial charge in [0.2, 0.25) is 10.0 Å². The van der Waals surface area contributed by atoms with Gasteiger partial charge in [-0.2, -0.15) is 0 Å². The summed E-state index contributed by atoms with van der Waals surface area (Å²) in [7, 11) is -3.13. The molecule has 0 saturated carbocycles. The summed E-state index contributed by atoms with van der Waals surface area (Å²) in [5.41, 5.74) is -1.50. The first kappa shape index (κ1) is 18.7. The van der Waals surface area contributed by atoms with Gasteiger partial charge in [0, 0.05) is 18.7 Å². The molecule has 2 rings (SSSR count). The highest BCUT2D eigenvalue weighted by atomic mass is 32.2. The predicted octanol–water partition coefficient (Wildman–Crippen LogP) is -0.315. The van der Waals surface area contributed by atoms with E-state index in [2.05, 4.69) is 14.8 Å². The molecule has 0 aliphatic carbocycles. The molecule has 0 amide bonds. The van der Waals surface area contributed by atoms with E-state index >= 15 is 0 Å². The second-order valence-electron chi connectivity index (χ2n) is 5.20. The van der Waals surface area contributed by atoms with Gasteiger partial charge in [-0.3, -0.25) is 25.0 Å². The quantitative estimate of drug-likeness (QED) is 0.385. The fraction of sp³-hybridized carbons (Fsp3) is 0.417. The SMILES string of the molecule is COC(=O)[C@@H]1C[C@H](NS(=O)(=O)c2ccc([N+](=O)[O-])cc2[N+](=O)[O-])CN1. The van der Waals surface area contributed by atoms with Crippen LogP contribution in [0.15, 0.2) is 23.1 Å². The van der Waals surface area contributed by atoms with Gasteiger partial charge in [0.05, 0.1) is 23.0 Å². The topological polar surface area (TPSA) is 171 Å². The van der Waals surface area contributed by atoms with Crippen LogP contribution in [0.2, 0.25) is 0 Å². The van der Waals surface area contributed by atoms with Crippen molar-refractivity contribution in [3.8, 4) is 0 Å². The summed E-state index contributed by atoms with van der Waals surface area (Å²) < 4.78 is 31.6. The summed E-state index contributed by atoms with van der Waals surface area (Å²) in [6.45, 7) is 0.125. The fourth-order valence-electron chi connectivity index (χ4n) is 2.42. The van der Waals surface area contributed by atoms with Gasteiger partial charge in [0.15, 0.2) is 4.90 Å². The number of carbonyl (C=O) groups excluding carboxylic acids is 1. The number of non-ortho nitro benzene ring substituents is 1. The zero-order valence-corrected chi connectivity index (χ0v) is 13.7. The number of nitro benzene ring substituents is 2. The van der Waals surface area contributed by atoms with Gasteiger partial charge < -0.3 is 10.1 Å². The van der Waals surface area contributed by atoms with Crippen molar-refractivity contribution < 1.29 is 27.8 Å². The summed E-state index contributed by atoms with van der Waals surface area (Å²) in [5, 5.41) is 24.6. The van der Waals surface area contributed by atoms with Crippen LogP contribution in [0.4, 0.5) is 11.4 Å². The Hall–Kier alpha value is -2.64. The van der Waals surface area contributed by atoms with Crippen molar-refractivity contribution in [1.82, 2.24) is 10.0 Å². The van der Waals surface area contributed by atoms with Crippen LogP contribution in [0, 0.1) is 20.2 Å². The average Bonchev–Trinajstić information content (AvgIpc) is 3.01. The number of benzene rings is 1. The Labute approximate surface area is 141 Å². The van der Waals surface area contributed by atoms with Crippen molar-refractivity contribution in [2.75, 3.05) is 13.7 Å². The Bertz CT molecular complexity index is 824. The molecule has 1 aliphatic rings. The third-order valence-corrected chi connectivity index (χ3v) is 5.15. The molecule has 1 heterocycles. The molecule has 0 radical (unpaired) electrons. The number of ether oxygens (including phenoxy) is 1. The van der Waals surface area contributed by atoms with E-state index in [1.54, 1.807) is 0 Å². The molecule has 1 saturated heterocycles. The van der Waals surface area contributed by atoms with E-state index < -0.39 is 54.2 Å². The van der Waals surface area contributed by atoms with Crippen molar-refractivity contribution >= 4 is 27.4 Å². The molecule has 1 aromatic rings. The average molecular weight is 374 g/mol. The van der Waals surface area contributed by atoms with Crippen molar-refractivity contribution in [3.63, 3.8) is 0 Å². The zero-order valence-electron chi connectivity index (χ0n) is 12.9. The van der Waals surface area contributed by atoms with Crippen molar-refractivity contribution in [2.24, 2.45) is 0 Å². The number of hydrogen-bond donors (Lipinski definition) is 2. The highest BCUT2D eigenvalue weighted by Gasteiger charge is 2.35. The lowest BCUT2D eigenvalue weighted by molar-refractivity contribution is -0.396. The molecular weight excluding hydrogens is 360 g/mol. The number of carbonyl (C=O) groups is 1. The molecule has 2 atom stereocenters. The summed E-state index contributed by atoms with van der Waals surface area (Å²) in [6, 6.07) is 0.872. The lowest BCUT2D eigenvalue weighted by Crippen LogP contribution is -2.36. The number of nitrogens with zero attached hydrogens (tertiary/aromatic N) is 2. The van der Waals surface area contributed by atoms with Crippen molar-refractivity contribution in [1.29, 1.82) is 0 Å². The standard InChI is InChI=1S/C12H14N4O8S/c1-24-12(17)9-4-7(6-13-9)14-25(22,23)11-3-2-8(15(18)19)5-10(11)16(20)21/h2-3,5,7,9,13-14H,4,6H2,1H3/t7-,9-/m0/s1. The van der Waals surface area contributed by atoms with Gasteiger partial charge in [-0.05, 0) is 12.5 Å². The van der Waals surface area contributed by atoms with Crippen LogP contribution in [-0.2, 0) is 19.6 Å². The van der Waals surface area contributed by atoms with Crippen LogP contribution >= 0.6 is 0 Å². The van der Waals surface area contributed by atoms with Crippen LogP contribution in [0.5, 0.6) is 0 Å². The lowest BCUT2D eigenvalue weighted by atomic mass is 10.2. The first-order valence-electron chi connectivity index (χ1n) is 6.92. The molecule has 1 aromatic carbocycles. The Balaban J connectivity index is 2.27. The van der Waals surface area contributed by atoms with Gasteiger partial charge in [0.25, 0.3) is 11.4 Å². The summed E-state index contributed by atoms with van der Waals surface area (Å²) in [5.74, 6) is -0.553. The molecule has 136 valence electrons. The van der Waals surface area contributed by atoms with E-state index in [0.717, 1.165) is 12.1 Å². The monoisotopic (exact) mass is 374 g/mol. The van der Waals surface area contributed by atoms with Gasteiger partial charge >= 0.3 is 5.97 Å². The van der Waals surface area contributed by atoms with E-state index in [-0.39, 0.29) is 13.0 Å². The van der Waals surface area contributed by atoms with Crippen LogP contribution < -0.4 is 10.0 Å². The fourth-order valence-corrected chi connectivity index (χ4v) is 3.82. The number of nitrogens with one attached hydrogen (secondary N) is 2. The van der Waals surface area contributed by atoms with Gasteiger partial charge in [-0.1, -0.05) is 0 Å². The molecule has 12 nitrogen and oxygen atoms in total. The molecule has 2 N–H and O–H groups in total. The van der Waals surface area contributed by atoms with Crippen molar-refractivity contribution in [3.05, 3.63) is 38.4 Å². The maximum Gasteiger partial charge on any atom is 0.322 e. The largest absolute Gasteiger partial charge is 0.468 e. The first-order valence-corrected chi connectivity index (χ1v) is 8.40. The van der Waals surface area contributed by atoms with Gasteiger partial charge in [0.1, 0.15) is 6.04 Å². The van der Waals surface area contributed by atoms with Crippen LogP contribution in [0.3, 0.4) is 0 Å². The summed E-state index contributed by atoms with van der Waals surface area (Å²) in [4.78, 5) is 30.7. The normalized spacial score (nSPS) is 20.2. The Kier molecular flexibility index (Phi) is 5.30. The van der Waals surface area contributed by atoms with Crippen LogP contribution in [0.25, 0.3) is 0 Å². The molecule has 13 heteroatoms. The number of nitro groups is 2. The van der Waals surface area contributed by atoms with Gasteiger partial charge in [-0.15, -0.1) is 0 Å². The van der Waals surface area contributed by atoms with E-state index in [0.29, 0.717) is 6.07 Å². The maximum absolute atomic E-state index is 12.4.